The molecule has 336 valence electrons. The van der Waals surface area contributed by atoms with E-state index in [1.807, 2.05) is 45.3 Å². The number of ether oxygens (including phenoxy) is 4. The Balaban J connectivity index is 0.933. The Morgan fingerprint density at radius 2 is 1.71 bits per heavy atom. The van der Waals surface area contributed by atoms with Gasteiger partial charge in [-0.25, -0.2) is 4.39 Å². The average molecular weight is 868 g/mol. The van der Waals surface area contributed by atoms with Crippen molar-refractivity contribution in [1.82, 2.24) is 9.88 Å². The maximum absolute atomic E-state index is 17.4. The number of aliphatic hydroxyl groups excluding tert-OH is 1. The van der Waals surface area contributed by atoms with Gasteiger partial charge in [0, 0.05) is 34.3 Å². The summed E-state index contributed by atoms with van der Waals surface area (Å²) >= 11 is 0. The monoisotopic (exact) mass is 867 g/mol. The summed E-state index contributed by atoms with van der Waals surface area (Å²) in [5, 5.41) is 16.8. The smallest absolute Gasteiger partial charge is 0.306 e. The van der Waals surface area contributed by atoms with Crippen LogP contribution < -0.4 is 5.32 Å². The van der Waals surface area contributed by atoms with Gasteiger partial charge in [-0.3, -0.25) is 33.9 Å². The second-order valence-electron chi connectivity index (χ2n) is 18.7. The molecule has 3 aliphatic carbocycles. The third kappa shape index (κ3) is 8.62. The van der Waals surface area contributed by atoms with Crippen LogP contribution in [0.3, 0.4) is 0 Å². The largest absolute Gasteiger partial charge is 0.461 e. The first-order valence-corrected chi connectivity index (χ1v) is 21.6. The quantitative estimate of drug-likeness (QED) is 0.149. The first-order valence-electron chi connectivity index (χ1n) is 21.6. The zero-order valence-electron chi connectivity index (χ0n) is 37.1. The van der Waals surface area contributed by atoms with Gasteiger partial charge in [0.1, 0.15) is 18.3 Å². The maximum atomic E-state index is 17.4. The number of nitrogens with zero attached hydrogens (tertiary/aromatic N) is 2. The van der Waals surface area contributed by atoms with E-state index in [0.29, 0.717) is 36.1 Å². The molecule has 2 saturated carbocycles. The summed E-state index contributed by atoms with van der Waals surface area (Å²) in [6, 6.07) is 14.0. The van der Waals surface area contributed by atoms with Crippen molar-refractivity contribution in [2.24, 2.45) is 16.7 Å². The van der Waals surface area contributed by atoms with Crippen LogP contribution >= 0.6 is 0 Å². The Kier molecular flexibility index (Phi) is 12.7. The van der Waals surface area contributed by atoms with Crippen LogP contribution in [-0.2, 0) is 49.5 Å². The lowest BCUT2D eigenvalue weighted by Crippen LogP contribution is -2.61. The van der Waals surface area contributed by atoms with Crippen molar-refractivity contribution in [2.75, 3.05) is 26.0 Å². The Morgan fingerprint density at radius 1 is 1.00 bits per heavy atom. The summed E-state index contributed by atoms with van der Waals surface area (Å²) in [6.07, 6.45) is 6.16. The van der Waals surface area contributed by atoms with Crippen molar-refractivity contribution >= 4 is 45.9 Å². The van der Waals surface area contributed by atoms with Gasteiger partial charge in [-0.1, -0.05) is 55.8 Å². The highest BCUT2D eigenvalue weighted by atomic mass is 19.1. The Morgan fingerprint density at radius 3 is 2.43 bits per heavy atom. The van der Waals surface area contributed by atoms with Gasteiger partial charge < -0.3 is 29.4 Å². The van der Waals surface area contributed by atoms with Crippen LogP contribution in [0.5, 0.6) is 0 Å². The molecule has 1 saturated heterocycles. The molecule has 7 rings (SSSR count). The van der Waals surface area contributed by atoms with E-state index in [9.17, 15) is 29.1 Å². The number of benzene rings is 2. The molecule has 0 bridgehead atoms. The number of ketones is 2. The number of carbonyl (C=O) groups is 5. The van der Waals surface area contributed by atoms with Crippen LogP contribution in [0.2, 0.25) is 0 Å². The van der Waals surface area contributed by atoms with Gasteiger partial charge in [-0.2, -0.15) is 0 Å². The summed E-state index contributed by atoms with van der Waals surface area (Å²) in [5.41, 5.74) is -3.48. The predicted molar refractivity (Wildman–Crippen MR) is 232 cm³/mol. The highest BCUT2D eigenvalue weighted by molar-refractivity contribution is 6.01. The number of halogens is 1. The van der Waals surface area contributed by atoms with Crippen LogP contribution in [0.25, 0.3) is 10.8 Å². The molecule has 0 radical (unpaired) electrons. The van der Waals surface area contributed by atoms with Gasteiger partial charge in [0.15, 0.2) is 23.8 Å². The molecule has 8 atom stereocenters. The van der Waals surface area contributed by atoms with E-state index in [4.69, 9.17) is 18.9 Å². The fourth-order valence-corrected chi connectivity index (χ4v) is 10.4. The minimum atomic E-state index is -2.13. The summed E-state index contributed by atoms with van der Waals surface area (Å²) < 4.78 is 41.0. The lowest BCUT2D eigenvalue weighted by atomic mass is 9.56. The van der Waals surface area contributed by atoms with Crippen LogP contribution in [0, 0.1) is 16.7 Å². The number of likely N-dealkylation sites (N-methyl/N-ethyl adjacent to an activating group) is 1. The predicted octanol–water partition coefficient (Wildman–Crippen LogP) is 7.06. The molecule has 13 nitrogen and oxygen atoms in total. The number of pyridine rings is 1. The van der Waals surface area contributed by atoms with E-state index < -0.39 is 70.5 Å². The Bertz CT molecular complexity index is 2350. The minimum Gasteiger partial charge on any atom is -0.461 e. The molecule has 63 heavy (non-hydrogen) atoms. The summed E-state index contributed by atoms with van der Waals surface area (Å²) in [7, 11) is 3.62. The first-order chi connectivity index (χ1) is 29.7. The fourth-order valence-electron chi connectivity index (χ4n) is 10.4. The van der Waals surface area contributed by atoms with Gasteiger partial charge in [-0.15, -0.1) is 0 Å². The van der Waals surface area contributed by atoms with Crippen LogP contribution in [0.1, 0.15) is 96.7 Å². The van der Waals surface area contributed by atoms with Gasteiger partial charge in [0.25, 0.3) is 0 Å². The van der Waals surface area contributed by atoms with E-state index in [0.717, 1.165) is 16.3 Å². The van der Waals surface area contributed by atoms with Crippen LogP contribution in [-0.4, -0.2) is 94.4 Å². The van der Waals surface area contributed by atoms with Gasteiger partial charge >= 0.3 is 11.9 Å². The number of amides is 1. The maximum Gasteiger partial charge on any atom is 0.306 e. The van der Waals surface area contributed by atoms with Crippen LogP contribution in [0.4, 0.5) is 10.1 Å². The number of fused-ring (bicyclic) bond motifs is 3. The summed E-state index contributed by atoms with van der Waals surface area (Å²) in [4.78, 5) is 71.7. The lowest BCUT2D eigenvalue weighted by Gasteiger charge is -2.52. The number of carbonyl (C=O) groups excluding carboxylic acids is 5. The first kappa shape index (κ1) is 45.9. The molecule has 1 amide bonds. The molecule has 1 unspecified atom stereocenters. The number of esters is 2. The number of rotatable bonds is 15. The zero-order chi connectivity index (χ0) is 45.5. The molecule has 1 aliphatic heterocycles. The molecule has 4 aliphatic rings. The number of aromatic nitrogens is 1. The number of anilines is 1. The molecular weight excluding hydrogens is 810 g/mol. The highest BCUT2D eigenvalue weighted by Gasteiger charge is 2.73. The molecule has 2 aromatic carbocycles. The van der Waals surface area contributed by atoms with Crippen molar-refractivity contribution in [3.8, 4) is 0 Å². The number of Topliss-reactive ketones (excluding diaryl/α,β-unsaturated/α-hetero) is 1. The van der Waals surface area contributed by atoms with Crippen molar-refractivity contribution in [3.05, 3.63) is 95.9 Å². The molecular formula is C49H58FN3O10. The third-order valence-electron chi connectivity index (χ3n) is 14.0. The van der Waals surface area contributed by atoms with Gasteiger partial charge in [0.2, 0.25) is 11.7 Å². The van der Waals surface area contributed by atoms with Crippen molar-refractivity contribution < 1.29 is 52.4 Å². The van der Waals surface area contributed by atoms with E-state index in [-0.39, 0.29) is 49.9 Å². The molecule has 14 heteroatoms. The molecule has 3 fully saturated rings. The number of allylic oxidation sites excluding steroid dienone is 4. The number of alkyl halides is 1. The molecule has 0 spiro atoms. The molecule has 2 heterocycles. The third-order valence-corrected chi connectivity index (χ3v) is 14.0. The Labute approximate surface area is 367 Å². The lowest BCUT2D eigenvalue weighted by molar-refractivity contribution is -0.211. The number of hydrogen-bond acceptors (Lipinski definition) is 12. The number of aliphatic hydroxyl groups is 1. The molecule has 3 aromatic rings. The molecule has 2 N–H and O–H groups in total. The topological polar surface area (TPSA) is 171 Å². The number of nitrogens with one attached hydrogen (secondary N) is 1. The normalized spacial score (nSPS) is 29.4. The zero-order valence-corrected chi connectivity index (χ0v) is 37.1. The van der Waals surface area contributed by atoms with E-state index in [1.165, 1.54) is 12.2 Å². The second-order valence-corrected chi connectivity index (χ2v) is 18.7. The Hall–Kier alpha value is -5.15. The molecule has 1 aromatic heterocycles. The standard InChI is InChI=1S/C49H58FN3O10/c1-30-23-40-49(63-45(2,3)62-40,47(30,5)26-38(55)48(50)20-8-9-35-25-37(54)18-21-46(35,48)4)39(56)29-61-42(58)17-16-41(57)60-28-31-10-12-32(13-11-31)43(53(6)7)44(59)52-36-15-14-34-27-51-22-19-33(34)24-36/h10-15,18-19,21-22,24-25,27,30,38,40,43,55H,8-9,16-17,20,23,26,28-29H2,1-7H3,(H,52,59)/t30-,38+,40-,43?,46+,47+,48+,49-/m1/s1. The van der Waals surface area contributed by atoms with Crippen molar-refractivity contribution in [2.45, 2.75) is 121 Å². The fraction of sp³-hybridized carbons (Fsp3) is 0.510. The summed E-state index contributed by atoms with van der Waals surface area (Å²) in [6.45, 7) is 8.02. The van der Waals surface area contributed by atoms with E-state index in [1.54, 1.807) is 75.3 Å². The highest BCUT2D eigenvalue weighted by Crippen LogP contribution is 2.63. The van der Waals surface area contributed by atoms with Crippen LogP contribution in [0.15, 0.2) is 84.7 Å². The van der Waals surface area contributed by atoms with Crippen molar-refractivity contribution in [3.63, 3.8) is 0 Å². The minimum absolute atomic E-state index is 0.0639. The SMILES string of the molecule is C[C@@H]1C[C@H]2OC(C)(C)O[C@@]2(C(=O)COC(=O)CCC(=O)OCc2ccc(C(C(=O)Nc3ccc4cnccc4c3)N(C)C)cc2)[C@@]1(C)C[C@H](O)[C@@]1(F)CCCC2=CC(=O)C=C[C@@]21C. The van der Waals surface area contributed by atoms with E-state index >= 15 is 4.39 Å². The second kappa shape index (κ2) is 17.4. The average Bonchev–Trinajstić information content (AvgIpc) is 3.62. The number of hydrogen-bond donors (Lipinski definition) is 2. The van der Waals surface area contributed by atoms with Crippen molar-refractivity contribution in [1.29, 1.82) is 0 Å². The van der Waals surface area contributed by atoms with Gasteiger partial charge in [0.05, 0.1) is 25.0 Å². The van der Waals surface area contributed by atoms with Gasteiger partial charge in [-0.05, 0) is 120 Å². The summed E-state index contributed by atoms with van der Waals surface area (Å²) in [5.74, 6) is -3.93. The van der Waals surface area contributed by atoms with E-state index in [2.05, 4.69) is 10.3 Å².